The van der Waals surface area contributed by atoms with Crippen molar-refractivity contribution in [3.8, 4) is 11.5 Å². The average Bonchev–Trinajstić information content (AvgIpc) is 2.38. The Morgan fingerprint density at radius 1 is 1.12 bits per heavy atom. The molecule has 0 spiro atoms. The largest absolute Gasteiger partial charge is 0.486 e. The van der Waals surface area contributed by atoms with Crippen LogP contribution in [0.3, 0.4) is 0 Å². The van der Waals surface area contributed by atoms with Crippen LogP contribution in [0.5, 0.6) is 11.5 Å². The van der Waals surface area contributed by atoms with Crippen LogP contribution in [0.2, 0.25) is 0 Å². The Labute approximate surface area is 104 Å². The summed E-state index contributed by atoms with van der Waals surface area (Å²) >= 11 is 0. The van der Waals surface area contributed by atoms with Gasteiger partial charge < -0.3 is 9.47 Å². The molecule has 0 fully saturated rings. The third-order valence-electron chi connectivity index (χ3n) is 3.82. The van der Waals surface area contributed by atoms with Crippen LogP contribution in [0, 0.1) is 0 Å². The van der Waals surface area contributed by atoms with Gasteiger partial charge in [-0.05, 0) is 36.0 Å². The fourth-order valence-corrected chi connectivity index (χ4v) is 2.50. The summed E-state index contributed by atoms with van der Waals surface area (Å²) in [6.45, 7) is 8.15. The molecule has 2 heteroatoms. The van der Waals surface area contributed by atoms with Crippen LogP contribution >= 0.6 is 0 Å². The van der Waals surface area contributed by atoms with Gasteiger partial charge in [0.15, 0.2) is 11.5 Å². The zero-order valence-corrected chi connectivity index (χ0v) is 11.1. The van der Waals surface area contributed by atoms with Crippen LogP contribution in [0.15, 0.2) is 18.2 Å². The predicted molar refractivity (Wildman–Crippen MR) is 70.0 cm³/mol. The van der Waals surface area contributed by atoms with Crippen LogP contribution in [-0.2, 0) is 5.41 Å². The van der Waals surface area contributed by atoms with Crippen molar-refractivity contribution in [2.24, 2.45) is 0 Å². The first kappa shape index (κ1) is 12.3. The van der Waals surface area contributed by atoms with Crippen LogP contribution in [0.4, 0.5) is 0 Å². The molecule has 1 aliphatic heterocycles. The minimum absolute atomic E-state index is 0.255. The molecule has 1 aromatic carbocycles. The number of rotatable bonds is 4. The summed E-state index contributed by atoms with van der Waals surface area (Å²) in [5.41, 5.74) is 1.62. The maximum Gasteiger partial charge on any atom is 0.161 e. The zero-order chi connectivity index (χ0) is 12.3. The highest BCUT2D eigenvalue weighted by Crippen LogP contribution is 2.38. The highest BCUT2D eigenvalue weighted by atomic mass is 16.6. The molecule has 0 aromatic heterocycles. The molecule has 0 bridgehead atoms. The van der Waals surface area contributed by atoms with Crippen LogP contribution in [-0.4, -0.2) is 13.2 Å². The van der Waals surface area contributed by atoms with Crippen molar-refractivity contribution in [2.45, 2.75) is 45.4 Å². The molecular formula is C15H22O2. The monoisotopic (exact) mass is 234 g/mol. The van der Waals surface area contributed by atoms with Crippen molar-refractivity contribution in [1.82, 2.24) is 0 Å². The van der Waals surface area contributed by atoms with Crippen molar-refractivity contribution < 1.29 is 9.47 Å². The van der Waals surface area contributed by atoms with Gasteiger partial charge in [-0.1, -0.05) is 33.3 Å². The summed E-state index contributed by atoms with van der Waals surface area (Å²) in [6.07, 6.45) is 3.57. The zero-order valence-electron chi connectivity index (χ0n) is 11.1. The van der Waals surface area contributed by atoms with Crippen molar-refractivity contribution in [2.75, 3.05) is 13.2 Å². The quantitative estimate of drug-likeness (QED) is 0.786. The Kier molecular flexibility index (Phi) is 3.60. The van der Waals surface area contributed by atoms with Gasteiger partial charge in [0.25, 0.3) is 0 Å². The SMILES string of the molecule is CCCC(C)(CC)c1ccc2c(c1)OCCO2. The van der Waals surface area contributed by atoms with E-state index in [2.05, 4.69) is 32.9 Å². The van der Waals surface area contributed by atoms with E-state index in [0.717, 1.165) is 17.9 Å². The Morgan fingerprint density at radius 2 is 1.82 bits per heavy atom. The van der Waals surface area contributed by atoms with Gasteiger partial charge in [-0.25, -0.2) is 0 Å². The molecule has 0 N–H and O–H groups in total. The van der Waals surface area contributed by atoms with Gasteiger partial charge in [-0.3, -0.25) is 0 Å². The molecule has 0 amide bonds. The normalized spacial score (nSPS) is 17.6. The van der Waals surface area contributed by atoms with E-state index in [-0.39, 0.29) is 5.41 Å². The second kappa shape index (κ2) is 4.99. The van der Waals surface area contributed by atoms with Gasteiger partial charge in [0.2, 0.25) is 0 Å². The fourth-order valence-electron chi connectivity index (χ4n) is 2.50. The maximum absolute atomic E-state index is 5.66. The topological polar surface area (TPSA) is 18.5 Å². The first-order valence-corrected chi connectivity index (χ1v) is 6.59. The van der Waals surface area contributed by atoms with Crippen LogP contribution in [0.1, 0.15) is 45.6 Å². The molecule has 17 heavy (non-hydrogen) atoms. The van der Waals surface area contributed by atoms with Gasteiger partial charge in [-0.2, -0.15) is 0 Å². The smallest absolute Gasteiger partial charge is 0.161 e. The van der Waals surface area contributed by atoms with Gasteiger partial charge in [-0.15, -0.1) is 0 Å². The number of ether oxygens (including phenoxy) is 2. The fraction of sp³-hybridized carbons (Fsp3) is 0.600. The Balaban J connectivity index is 2.32. The molecule has 0 radical (unpaired) electrons. The van der Waals surface area contributed by atoms with E-state index in [4.69, 9.17) is 9.47 Å². The molecule has 0 saturated heterocycles. The Hall–Kier alpha value is -1.18. The molecule has 1 aliphatic rings. The summed E-state index contributed by atoms with van der Waals surface area (Å²) in [6, 6.07) is 6.40. The van der Waals surface area contributed by atoms with Crippen molar-refractivity contribution in [1.29, 1.82) is 0 Å². The molecule has 2 nitrogen and oxygen atoms in total. The van der Waals surface area contributed by atoms with Crippen LogP contribution in [0.25, 0.3) is 0 Å². The molecule has 1 atom stereocenters. The summed E-state index contributed by atoms with van der Waals surface area (Å²) in [5.74, 6) is 1.79. The van der Waals surface area contributed by atoms with Crippen molar-refractivity contribution in [3.63, 3.8) is 0 Å². The van der Waals surface area contributed by atoms with E-state index in [1.165, 1.54) is 18.4 Å². The van der Waals surface area contributed by atoms with Gasteiger partial charge >= 0.3 is 0 Å². The number of benzene rings is 1. The van der Waals surface area contributed by atoms with E-state index in [1.807, 2.05) is 6.07 Å². The van der Waals surface area contributed by atoms with E-state index in [1.54, 1.807) is 0 Å². The Bertz CT molecular complexity index is 387. The van der Waals surface area contributed by atoms with E-state index < -0.39 is 0 Å². The average molecular weight is 234 g/mol. The maximum atomic E-state index is 5.66. The summed E-state index contributed by atoms with van der Waals surface area (Å²) in [7, 11) is 0. The van der Waals surface area contributed by atoms with Gasteiger partial charge in [0.1, 0.15) is 13.2 Å². The van der Waals surface area contributed by atoms with Crippen molar-refractivity contribution >= 4 is 0 Å². The summed E-state index contributed by atoms with van der Waals surface area (Å²) < 4.78 is 11.2. The third-order valence-corrected chi connectivity index (χ3v) is 3.82. The highest BCUT2D eigenvalue weighted by molar-refractivity contribution is 5.45. The predicted octanol–water partition coefficient (Wildman–Crippen LogP) is 3.93. The summed E-state index contributed by atoms with van der Waals surface area (Å²) in [5, 5.41) is 0. The first-order chi connectivity index (χ1) is 8.19. The molecule has 0 saturated carbocycles. The lowest BCUT2D eigenvalue weighted by molar-refractivity contribution is 0.171. The Morgan fingerprint density at radius 3 is 2.47 bits per heavy atom. The van der Waals surface area contributed by atoms with Gasteiger partial charge in [0, 0.05) is 0 Å². The number of fused-ring (bicyclic) bond motifs is 1. The second-order valence-corrected chi connectivity index (χ2v) is 5.02. The van der Waals surface area contributed by atoms with Gasteiger partial charge in [0.05, 0.1) is 0 Å². The molecule has 1 aromatic rings. The minimum atomic E-state index is 0.255. The van der Waals surface area contributed by atoms with Crippen molar-refractivity contribution in [3.05, 3.63) is 23.8 Å². The highest BCUT2D eigenvalue weighted by Gasteiger charge is 2.25. The van der Waals surface area contributed by atoms with Crippen LogP contribution < -0.4 is 9.47 Å². The molecule has 2 rings (SSSR count). The lowest BCUT2D eigenvalue weighted by Gasteiger charge is -2.30. The lowest BCUT2D eigenvalue weighted by atomic mass is 9.76. The summed E-state index contributed by atoms with van der Waals surface area (Å²) in [4.78, 5) is 0. The molecule has 94 valence electrons. The number of hydrogen-bond acceptors (Lipinski definition) is 2. The second-order valence-electron chi connectivity index (χ2n) is 5.02. The number of hydrogen-bond donors (Lipinski definition) is 0. The molecule has 1 heterocycles. The van der Waals surface area contributed by atoms with E-state index >= 15 is 0 Å². The first-order valence-electron chi connectivity index (χ1n) is 6.59. The lowest BCUT2D eigenvalue weighted by Crippen LogP contribution is -2.22. The molecule has 0 aliphatic carbocycles. The molecule has 1 unspecified atom stereocenters. The third kappa shape index (κ3) is 2.41. The van der Waals surface area contributed by atoms with E-state index in [9.17, 15) is 0 Å². The standard InChI is InChI=1S/C15H22O2/c1-4-8-15(3,5-2)12-6-7-13-14(11-12)17-10-9-16-13/h6-7,11H,4-5,8-10H2,1-3H3. The molecular weight excluding hydrogens is 212 g/mol. The minimum Gasteiger partial charge on any atom is -0.486 e. The van der Waals surface area contributed by atoms with E-state index in [0.29, 0.717) is 13.2 Å².